The summed E-state index contributed by atoms with van der Waals surface area (Å²) >= 11 is 0. The molecule has 2 aromatic carbocycles. The highest BCUT2D eigenvalue weighted by atomic mass is 14.6. The van der Waals surface area contributed by atoms with Crippen LogP contribution < -0.4 is 5.73 Å². The lowest BCUT2D eigenvalue weighted by Gasteiger charge is -2.24. The molecule has 0 radical (unpaired) electrons. The highest BCUT2D eigenvalue weighted by Gasteiger charge is 2.19. The molecule has 0 amide bonds. The Balaban J connectivity index is 2.68. The summed E-state index contributed by atoms with van der Waals surface area (Å²) in [7, 11) is 0. The number of rotatable bonds is 2. The second kappa shape index (κ2) is 5.41. The number of aryl methyl sites for hydroxylation is 1. The minimum Gasteiger partial charge on any atom is -0.320 e. The Morgan fingerprint density at radius 3 is 1.65 bits per heavy atom. The fraction of sp³-hybridized carbons (Fsp3) is 0.368. The van der Waals surface area contributed by atoms with E-state index in [4.69, 9.17) is 5.73 Å². The molecule has 0 aliphatic carbocycles. The van der Waals surface area contributed by atoms with E-state index in [1.54, 1.807) is 0 Å². The van der Waals surface area contributed by atoms with Gasteiger partial charge in [-0.2, -0.15) is 0 Å². The zero-order valence-electron chi connectivity index (χ0n) is 13.5. The molecule has 0 saturated heterocycles. The molecule has 0 fully saturated rings. The molecule has 1 atom stereocenters. The van der Waals surface area contributed by atoms with Crippen LogP contribution in [0.4, 0.5) is 0 Å². The minimum atomic E-state index is -0.0470. The van der Waals surface area contributed by atoms with Crippen molar-refractivity contribution in [1.82, 2.24) is 0 Å². The van der Waals surface area contributed by atoms with Crippen molar-refractivity contribution >= 4 is 0 Å². The van der Waals surface area contributed by atoms with Gasteiger partial charge < -0.3 is 5.73 Å². The molecule has 20 heavy (non-hydrogen) atoms. The first-order chi connectivity index (χ1) is 9.36. The van der Waals surface area contributed by atoms with Gasteiger partial charge in [-0.15, -0.1) is 0 Å². The zero-order chi connectivity index (χ0) is 15.0. The van der Waals surface area contributed by atoms with Crippen LogP contribution in [0.5, 0.6) is 0 Å². The van der Waals surface area contributed by atoms with E-state index >= 15 is 0 Å². The minimum absolute atomic E-state index is 0.0470. The van der Waals surface area contributed by atoms with E-state index in [1.165, 1.54) is 44.5 Å². The van der Waals surface area contributed by atoms with Gasteiger partial charge in [-0.3, -0.25) is 0 Å². The molecule has 0 saturated carbocycles. The second-order valence-electron chi connectivity index (χ2n) is 5.87. The standard InChI is InChI=1S/C19H25N/c1-11-9-7-8-10-17(11)19(20)18-15(5)13(3)12(2)14(4)16(18)6/h7-10,19H,20H2,1-6H3. The third kappa shape index (κ3) is 2.27. The molecule has 0 spiro atoms. The van der Waals surface area contributed by atoms with Crippen molar-refractivity contribution in [3.05, 3.63) is 68.8 Å². The number of hydrogen-bond acceptors (Lipinski definition) is 1. The van der Waals surface area contributed by atoms with E-state index in [9.17, 15) is 0 Å². The van der Waals surface area contributed by atoms with Crippen LogP contribution in [0.3, 0.4) is 0 Å². The molecule has 1 unspecified atom stereocenters. The predicted octanol–water partition coefficient (Wildman–Crippen LogP) is 4.59. The maximum absolute atomic E-state index is 6.61. The van der Waals surface area contributed by atoms with Crippen LogP contribution in [-0.4, -0.2) is 0 Å². The first-order valence-corrected chi connectivity index (χ1v) is 7.24. The lowest BCUT2D eigenvalue weighted by Crippen LogP contribution is -2.18. The van der Waals surface area contributed by atoms with Crippen LogP contribution in [0.2, 0.25) is 0 Å². The molecule has 2 aromatic rings. The van der Waals surface area contributed by atoms with Crippen molar-refractivity contribution in [3.63, 3.8) is 0 Å². The Hall–Kier alpha value is -1.60. The summed E-state index contributed by atoms with van der Waals surface area (Å²) < 4.78 is 0. The predicted molar refractivity (Wildman–Crippen MR) is 87.3 cm³/mol. The summed E-state index contributed by atoms with van der Waals surface area (Å²) in [5.74, 6) is 0. The molecule has 1 nitrogen and oxygen atoms in total. The number of benzene rings is 2. The third-order valence-corrected chi connectivity index (χ3v) is 4.89. The summed E-state index contributed by atoms with van der Waals surface area (Å²) in [6.45, 7) is 13.1. The molecule has 1 heteroatoms. The van der Waals surface area contributed by atoms with Crippen molar-refractivity contribution in [1.29, 1.82) is 0 Å². The van der Waals surface area contributed by atoms with Crippen LogP contribution in [0, 0.1) is 41.5 Å². The van der Waals surface area contributed by atoms with Gasteiger partial charge in [-0.05, 0) is 86.1 Å². The summed E-state index contributed by atoms with van der Waals surface area (Å²) in [5, 5.41) is 0. The van der Waals surface area contributed by atoms with Gasteiger partial charge in [-0.1, -0.05) is 24.3 Å². The Labute approximate surface area is 122 Å². The molecule has 0 heterocycles. The monoisotopic (exact) mass is 267 g/mol. The van der Waals surface area contributed by atoms with E-state index in [-0.39, 0.29) is 6.04 Å². The number of hydrogen-bond donors (Lipinski definition) is 1. The fourth-order valence-electron chi connectivity index (χ4n) is 3.09. The molecular formula is C19H25N. The molecule has 0 aliphatic heterocycles. The Bertz CT molecular complexity index is 624. The average molecular weight is 267 g/mol. The van der Waals surface area contributed by atoms with Gasteiger partial charge in [0, 0.05) is 0 Å². The maximum atomic E-state index is 6.61. The lowest BCUT2D eigenvalue weighted by atomic mass is 9.83. The van der Waals surface area contributed by atoms with Crippen LogP contribution >= 0.6 is 0 Å². The van der Waals surface area contributed by atoms with E-state index < -0.39 is 0 Å². The topological polar surface area (TPSA) is 26.0 Å². The van der Waals surface area contributed by atoms with E-state index in [0.717, 1.165) is 0 Å². The van der Waals surface area contributed by atoms with E-state index in [0.29, 0.717) is 0 Å². The maximum Gasteiger partial charge on any atom is 0.0559 e. The Morgan fingerprint density at radius 1 is 0.700 bits per heavy atom. The van der Waals surface area contributed by atoms with Crippen LogP contribution in [0.25, 0.3) is 0 Å². The van der Waals surface area contributed by atoms with Gasteiger partial charge in [0.2, 0.25) is 0 Å². The van der Waals surface area contributed by atoms with E-state index in [1.807, 2.05) is 0 Å². The van der Waals surface area contributed by atoms with E-state index in [2.05, 4.69) is 65.8 Å². The molecule has 0 bridgehead atoms. The van der Waals surface area contributed by atoms with Crippen molar-refractivity contribution < 1.29 is 0 Å². The summed E-state index contributed by atoms with van der Waals surface area (Å²) in [4.78, 5) is 0. The Kier molecular flexibility index (Phi) is 4.01. The van der Waals surface area contributed by atoms with Crippen molar-refractivity contribution in [2.24, 2.45) is 5.73 Å². The first kappa shape index (κ1) is 14.8. The van der Waals surface area contributed by atoms with Gasteiger partial charge in [0.15, 0.2) is 0 Å². The second-order valence-corrected chi connectivity index (χ2v) is 5.87. The molecule has 2 N–H and O–H groups in total. The van der Waals surface area contributed by atoms with Crippen LogP contribution in [0.15, 0.2) is 24.3 Å². The molecule has 106 valence electrons. The van der Waals surface area contributed by atoms with Gasteiger partial charge in [0.25, 0.3) is 0 Å². The van der Waals surface area contributed by atoms with Crippen molar-refractivity contribution in [2.75, 3.05) is 0 Å². The summed E-state index contributed by atoms with van der Waals surface area (Å²) in [6, 6.07) is 8.36. The lowest BCUT2D eigenvalue weighted by molar-refractivity contribution is 0.835. The fourth-order valence-corrected chi connectivity index (χ4v) is 3.09. The Morgan fingerprint density at radius 2 is 1.15 bits per heavy atom. The highest BCUT2D eigenvalue weighted by Crippen LogP contribution is 2.33. The van der Waals surface area contributed by atoms with Gasteiger partial charge in [0.05, 0.1) is 6.04 Å². The quantitative estimate of drug-likeness (QED) is 0.846. The molecule has 2 rings (SSSR count). The molecule has 0 aromatic heterocycles. The van der Waals surface area contributed by atoms with Crippen LogP contribution in [-0.2, 0) is 0 Å². The summed E-state index contributed by atoms with van der Waals surface area (Å²) in [6.07, 6.45) is 0. The SMILES string of the molecule is Cc1ccccc1C(N)c1c(C)c(C)c(C)c(C)c1C. The normalized spacial score (nSPS) is 12.6. The van der Waals surface area contributed by atoms with Crippen molar-refractivity contribution in [3.8, 4) is 0 Å². The van der Waals surface area contributed by atoms with Gasteiger partial charge >= 0.3 is 0 Å². The van der Waals surface area contributed by atoms with Crippen molar-refractivity contribution in [2.45, 2.75) is 47.6 Å². The largest absolute Gasteiger partial charge is 0.320 e. The first-order valence-electron chi connectivity index (χ1n) is 7.24. The average Bonchev–Trinajstić information content (AvgIpc) is 2.43. The highest BCUT2D eigenvalue weighted by molar-refractivity contribution is 5.53. The molecule has 0 aliphatic rings. The summed E-state index contributed by atoms with van der Waals surface area (Å²) in [5.41, 5.74) is 17.2. The zero-order valence-corrected chi connectivity index (χ0v) is 13.5. The number of nitrogens with two attached hydrogens (primary N) is 1. The third-order valence-electron chi connectivity index (χ3n) is 4.89. The smallest absolute Gasteiger partial charge is 0.0559 e. The van der Waals surface area contributed by atoms with Crippen LogP contribution in [0.1, 0.15) is 50.5 Å². The molecular weight excluding hydrogens is 242 g/mol. The van der Waals surface area contributed by atoms with Gasteiger partial charge in [-0.25, -0.2) is 0 Å². The van der Waals surface area contributed by atoms with Gasteiger partial charge in [0.1, 0.15) is 0 Å².